The smallest absolute Gasteiger partial charge is 0.246 e. The molecule has 0 saturated carbocycles. The summed E-state index contributed by atoms with van der Waals surface area (Å²) in [5.41, 5.74) is 2.02. The van der Waals surface area contributed by atoms with Gasteiger partial charge in [-0.05, 0) is 35.0 Å². The van der Waals surface area contributed by atoms with E-state index >= 15 is 0 Å². The van der Waals surface area contributed by atoms with Crippen molar-refractivity contribution in [2.24, 2.45) is 0 Å². The third-order valence-corrected chi connectivity index (χ3v) is 4.10. The number of piperazine rings is 1. The summed E-state index contributed by atoms with van der Waals surface area (Å²) in [4.78, 5) is 8.94. The molecule has 1 aliphatic rings. The first-order chi connectivity index (χ1) is 11.8. The number of anilines is 2. The second-order valence-electron chi connectivity index (χ2n) is 5.79. The van der Waals surface area contributed by atoms with E-state index in [-0.39, 0.29) is 0 Å². The fourth-order valence-electron chi connectivity index (χ4n) is 2.83. The van der Waals surface area contributed by atoms with Crippen LogP contribution in [0.4, 0.5) is 11.8 Å². The number of aryl methyl sites for hydroxylation is 1. The van der Waals surface area contributed by atoms with Gasteiger partial charge >= 0.3 is 0 Å². The molecule has 1 aliphatic heterocycles. The van der Waals surface area contributed by atoms with Crippen LogP contribution in [-0.2, 0) is 6.54 Å². The molecule has 9 nitrogen and oxygen atoms in total. The number of rotatable bonds is 4. The second kappa shape index (κ2) is 6.26. The Balaban J connectivity index is 1.44. The molecule has 0 amide bonds. The molecule has 0 atom stereocenters. The van der Waals surface area contributed by atoms with Gasteiger partial charge in [-0.2, -0.15) is 0 Å². The predicted molar refractivity (Wildman–Crippen MR) is 86.8 cm³/mol. The number of pyridine rings is 1. The average Bonchev–Trinajstić information content (AvgIpc) is 3.27. The van der Waals surface area contributed by atoms with E-state index in [2.05, 4.69) is 48.5 Å². The minimum absolute atomic E-state index is 0.498. The molecule has 1 fully saturated rings. The van der Waals surface area contributed by atoms with Crippen molar-refractivity contribution >= 4 is 11.8 Å². The minimum atomic E-state index is 0.498. The fraction of sp³-hybridized carbons (Fsp3) is 0.400. The summed E-state index contributed by atoms with van der Waals surface area (Å²) in [6.45, 7) is 6.03. The van der Waals surface area contributed by atoms with E-state index in [0.717, 1.165) is 43.6 Å². The molecular formula is C15H18N8O. The summed E-state index contributed by atoms with van der Waals surface area (Å²) in [7, 11) is 0. The first kappa shape index (κ1) is 14.6. The van der Waals surface area contributed by atoms with Gasteiger partial charge < -0.3 is 14.3 Å². The van der Waals surface area contributed by atoms with Gasteiger partial charge in [0.15, 0.2) is 0 Å². The zero-order valence-electron chi connectivity index (χ0n) is 13.4. The number of hydrogen-bond donors (Lipinski definition) is 0. The highest BCUT2D eigenvalue weighted by Crippen LogP contribution is 2.18. The van der Waals surface area contributed by atoms with E-state index in [0.29, 0.717) is 6.54 Å². The molecule has 0 spiro atoms. The molecule has 9 heteroatoms. The molecule has 3 aromatic heterocycles. The van der Waals surface area contributed by atoms with Crippen molar-refractivity contribution in [2.75, 3.05) is 36.0 Å². The Morgan fingerprint density at radius 3 is 2.71 bits per heavy atom. The molecule has 0 aromatic carbocycles. The summed E-state index contributed by atoms with van der Waals surface area (Å²) in [5.74, 6) is 1.78. The summed E-state index contributed by atoms with van der Waals surface area (Å²) >= 11 is 0. The molecule has 4 rings (SSSR count). The third kappa shape index (κ3) is 2.92. The van der Waals surface area contributed by atoms with Gasteiger partial charge in [0.05, 0.1) is 6.54 Å². The van der Waals surface area contributed by atoms with Crippen LogP contribution in [0.2, 0.25) is 0 Å². The van der Waals surface area contributed by atoms with Crippen LogP contribution in [0, 0.1) is 6.92 Å². The van der Waals surface area contributed by atoms with E-state index in [1.54, 1.807) is 10.9 Å². The normalized spacial score (nSPS) is 15.0. The van der Waals surface area contributed by atoms with Crippen LogP contribution >= 0.6 is 0 Å². The Labute approximate surface area is 138 Å². The number of tetrazole rings is 1. The molecule has 0 aliphatic carbocycles. The lowest BCUT2D eigenvalue weighted by Gasteiger charge is -2.35. The van der Waals surface area contributed by atoms with Crippen molar-refractivity contribution in [1.29, 1.82) is 0 Å². The molecule has 4 heterocycles. The van der Waals surface area contributed by atoms with Gasteiger partial charge in [0.25, 0.3) is 0 Å². The number of hydrogen-bond acceptors (Lipinski definition) is 8. The van der Waals surface area contributed by atoms with Crippen LogP contribution in [0.25, 0.3) is 0 Å². The van der Waals surface area contributed by atoms with E-state index in [1.807, 2.05) is 18.3 Å². The minimum Gasteiger partial charge on any atom is -0.364 e. The topological polar surface area (TPSA) is 89.0 Å². The average molecular weight is 326 g/mol. The van der Waals surface area contributed by atoms with E-state index in [1.165, 1.54) is 5.56 Å². The zero-order chi connectivity index (χ0) is 16.4. The lowest BCUT2D eigenvalue weighted by molar-refractivity contribution is 0.407. The SMILES string of the molecule is Cc1ccnc(N2CCN(c3nnnn3Cc3ccon3)CC2)c1. The predicted octanol–water partition coefficient (Wildman–Crippen LogP) is 0.739. The zero-order valence-corrected chi connectivity index (χ0v) is 13.4. The Kier molecular flexibility index (Phi) is 3.81. The van der Waals surface area contributed by atoms with Crippen molar-refractivity contribution in [3.63, 3.8) is 0 Å². The summed E-state index contributed by atoms with van der Waals surface area (Å²) in [6.07, 6.45) is 3.41. The van der Waals surface area contributed by atoms with Gasteiger partial charge in [-0.3, -0.25) is 0 Å². The molecule has 0 unspecified atom stereocenters. The van der Waals surface area contributed by atoms with Crippen molar-refractivity contribution < 1.29 is 4.52 Å². The maximum atomic E-state index is 4.86. The lowest BCUT2D eigenvalue weighted by atomic mass is 10.2. The van der Waals surface area contributed by atoms with Crippen LogP contribution < -0.4 is 9.80 Å². The first-order valence-electron chi connectivity index (χ1n) is 7.87. The third-order valence-electron chi connectivity index (χ3n) is 4.10. The first-order valence-corrected chi connectivity index (χ1v) is 7.87. The van der Waals surface area contributed by atoms with Gasteiger partial charge in [-0.15, -0.1) is 0 Å². The Hall–Kier alpha value is -2.97. The van der Waals surface area contributed by atoms with Gasteiger partial charge in [-0.1, -0.05) is 10.3 Å². The van der Waals surface area contributed by atoms with Gasteiger partial charge in [0.2, 0.25) is 5.95 Å². The maximum absolute atomic E-state index is 4.86. The van der Waals surface area contributed by atoms with Gasteiger partial charge in [0.1, 0.15) is 17.8 Å². The molecular weight excluding hydrogens is 308 g/mol. The maximum Gasteiger partial charge on any atom is 0.246 e. The van der Waals surface area contributed by atoms with Crippen LogP contribution in [0.5, 0.6) is 0 Å². The van der Waals surface area contributed by atoms with Crippen molar-refractivity contribution in [3.8, 4) is 0 Å². The number of nitrogens with zero attached hydrogens (tertiary/aromatic N) is 8. The van der Waals surface area contributed by atoms with Gasteiger partial charge in [-0.25, -0.2) is 9.67 Å². The molecule has 124 valence electrons. The standard InChI is InChI=1S/C15H18N8O/c1-12-2-4-16-14(10-12)21-5-7-22(8-6-21)15-17-19-20-23(15)11-13-3-9-24-18-13/h2-4,9-10H,5-8,11H2,1H3. The molecule has 0 bridgehead atoms. The molecule has 24 heavy (non-hydrogen) atoms. The van der Waals surface area contributed by atoms with Crippen molar-refractivity contribution in [2.45, 2.75) is 13.5 Å². The van der Waals surface area contributed by atoms with Crippen molar-refractivity contribution in [3.05, 3.63) is 41.9 Å². The van der Waals surface area contributed by atoms with Crippen molar-refractivity contribution in [1.82, 2.24) is 30.3 Å². The highest BCUT2D eigenvalue weighted by atomic mass is 16.5. The van der Waals surface area contributed by atoms with E-state index in [4.69, 9.17) is 4.52 Å². The Bertz CT molecular complexity index is 791. The highest BCUT2D eigenvalue weighted by Gasteiger charge is 2.22. The van der Waals surface area contributed by atoms with Crippen LogP contribution in [0.1, 0.15) is 11.3 Å². The summed E-state index contributed by atoms with van der Waals surface area (Å²) < 4.78 is 6.61. The summed E-state index contributed by atoms with van der Waals surface area (Å²) in [5, 5.41) is 15.9. The molecule has 3 aromatic rings. The summed E-state index contributed by atoms with van der Waals surface area (Å²) in [6, 6.07) is 5.94. The molecule has 0 radical (unpaired) electrons. The molecule has 0 N–H and O–H groups in total. The van der Waals surface area contributed by atoms with Crippen LogP contribution in [0.3, 0.4) is 0 Å². The largest absolute Gasteiger partial charge is 0.364 e. The lowest BCUT2D eigenvalue weighted by Crippen LogP contribution is -2.47. The van der Waals surface area contributed by atoms with Crippen LogP contribution in [0.15, 0.2) is 35.2 Å². The Morgan fingerprint density at radius 2 is 1.96 bits per heavy atom. The van der Waals surface area contributed by atoms with Gasteiger partial charge in [0, 0.05) is 38.4 Å². The quantitative estimate of drug-likeness (QED) is 0.693. The van der Waals surface area contributed by atoms with Crippen LogP contribution in [-0.4, -0.2) is 56.5 Å². The second-order valence-corrected chi connectivity index (χ2v) is 5.79. The van der Waals surface area contributed by atoms with E-state index < -0.39 is 0 Å². The fourth-order valence-corrected chi connectivity index (χ4v) is 2.83. The van der Waals surface area contributed by atoms with E-state index in [9.17, 15) is 0 Å². The molecule has 1 saturated heterocycles. The Morgan fingerprint density at radius 1 is 1.12 bits per heavy atom. The monoisotopic (exact) mass is 326 g/mol. The number of aromatic nitrogens is 6. The highest BCUT2D eigenvalue weighted by molar-refractivity contribution is 5.43.